The molecule has 2 fully saturated rings. The van der Waals surface area contributed by atoms with Crippen LogP contribution in [0.5, 0.6) is 0 Å². The number of nitrogens with zero attached hydrogens (tertiary/aromatic N) is 1. The number of halogens is 1. The van der Waals surface area contributed by atoms with Gasteiger partial charge in [0.2, 0.25) is 5.91 Å². The summed E-state index contributed by atoms with van der Waals surface area (Å²) in [4.78, 5) is 26.1. The van der Waals surface area contributed by atoms with Crippen molar-refractivity contribution >= 4 is 23.5 Å². The summed E-state index contributed by atoms with van der Waals surface area (Å²) in [6.45, 7) is 2.56. The van der Waals surface area contributed by atoms with Crippen LogP contribution in [0, 0.1) is 0 Å². The normalized spacial score (nSPS) is 28.0. The average molecular weight is 337 g/mol. The number of carbonyl (C=O) groups excluding carboxylic acids is 2. The molecule has 3 rings (SSSR count). The molecule has 2 heterocycles. The van der Waals surface area contributed by atoms with Crippen molar-refractivity contribution < 1.29 is 14.3 Å². The number of hydrogen-bond acceptors (Lipinski definition) is 3. The number of imide groups is 1. The van der Waals surface area contributed by atoms with E-state index in [1.807, 2.05) is 31.2 Å². The number of nitrogens with one attached hydrogen (secondary N) is 1. The number of hydrogen-bond donors (Lipinski definition) is 1. The fraction of sp³-hybridized carbons (Fsp3) is 0.529. The van der Waals surface area contributed by atoms with Gasteiger partial charge in [-0.15, -0.1) is 0 Å². The van der Waals surface area contributed by atoms with Crippen LogP contribution >= 0.6 is 11.6 Å². The number of carbonyl (C=O) groups is 2. The van der Waals surface area contributed by atoms with Crippen LogP contribution in [0.25, 0.3) is 0 Å². The first-order valence-electron chi connectivity index (χ1n) is 8.06. The first-order valence-corrected chi connectivity index (χ1v) is 8.43. The number of ether oxygens (including phenoxy) is 1. The molecular weight excluding hydrogens is 316 g/mol. The van der Waals surface area contributed by atoms with Crippen LogP contribution in [0.2, 0.25) is 5.02 Å². The summed E-state index contributed by atoms with van der Waals surface area (Å²) in [6, 6.07) is 6.92. The summed E-state index contributed by atoms with van der Waals surface area (Å²) in [6.07, 6.45) is 2.89. The van der Waals surface area contributed by atoms with E-state index in [1.165, 1.54) is 4.90 Å². The molecule has 1 aromatic carbocycles. The van der Waals surface area contributed by atoms with Crippen molar-refractivity contribution in [1.82, 2.24) is 10.2 Å². The van der Waals surface area contributed by atoms with Crippen LogP contribution in [-0.4, -0.2) is 35.7 Å². The zero-order valence-corrected chi connectivity index (χ0v) is 13.9. The molecule has 2 aliphatic heterocycles. The van der Waals surface area contributed by atoms with Gasteiger partial charge in [-0.3, -0.25) is 9.69 Å². The third-order valence-corrected chi connectivity index (χ3v) is 4.89. The Labute approximate surface area is 140 Å². The highest BCUT2D eigenvalue weighted by molar-refractivity contribution is 6.30. The van der Waals surface area contributed by atoms with Gasteiger partial charge in [0.05, 0.1) is 0 Å². The fourth-order valence-electron chi connectivity index (χ4n) is 3.33. The van der Waals surface area contributed by atoms with Crippen LogP contribution in [0.4, 0.5) is 4.79 Å². The molecule has 0 bridgehead atoms. The molecule has 2 aliphatic rings. The summed E-state index contributed by atoms with van der Waals surface area (Å²) >= 11 is 5.92. The van der Waals surface area contributed by atoms with Gasteiger partial charge >= 0.3 is 6.03 Å². The number of likely N-dealkylation sites (tertiary alicyclic amines) is 1. The SMILES string of the molecule is C[C@H]1[C@H](c2ccc(Cl)cc2)CC(=O)N1C(=O)NC1CCCCO1. The van der Waals surface area contributed by atoms with E-state index < -0.39 is 0 Å². The molecule has 2 saturated heterocycles. The van der Waals surface area contributed by atoms with E-state index in [0.717, 1.165) is 24.8 Å². The van der Waals surface area contributed by atoms with Crippen molar-refractivity contribution in [3.63, 3.8) is 0 Å². The molecule has 3 atom stereocenters. The van der Waals surface area contributed by atoms with E-state index in [2.05, 4.69) is 5.32 Å². The van der Waals surface area contributed by atoms with Crippen molar-refractivity contribution in [1.29, 1.82) is 0 Å². The molecule has 1 aromatic rings. The van der Waals surface area contributed by atoms with E-state index in [1.54, 1.807) is 0 Å². The van der Waals surface area contributed by atoms with Gasteiger partial charge in [-0.2, -0.15) is 0 Å². The molecular formula is C17H21ClN2O3. The summed E-state index contributed by atoms with van der Waals surface area (Å²) < 4.78 is 5.52. The first-order chi connectivity index (χ1) is 11.1. The number of urea groups is 1. The van der Waals surface area contributed by atoms with Crippen molar-refractivity contribution in [3.8, 4) is 0 Å². The van der Waals surface area contributed by atoms with Crippen LogP contribution in [0.3, 0.4) is 0 Å². The highest BCUT2D eigenvalue weighted by atomic mass is 35.5. The lowest BCUT2D eigenvalue weighted by atomic mass is 9.93. The Morgan fingerprint density at radius 1 is 1.30 bits per heavy atom. The smallest absolute Gasteiger partial charge is 0.326 e. The molecule has 0 saturated carbocycles. The maximum absolute atomic E-state index is 12.5. The Morgan fingerprint density at radius 2 is 2.04 bits per heavy atom. The Kier molecular flexibility index (Phi) is 4.87. The number of rotatable bonds is 2. The quantitative estimate of drug-likeness (QED) is 0.901. The second-order valence-electron chi connectivity index (χ2n) is 6.17. The lowest BCUT2D eigenvalue weighted by molar-refractivity contribution is -0.126. The molecule has 3 amide bonds. The summed E-state index contributed by atoms with van der Waals surface area (Å²) in [5.74, 6) is -0.149. The molecule has 0 radical (unpaired) electrons. The minimum absolute atomic E-state index is 0.00205. The van der Waals surface area contributed by atoms with Crippen LogP contribution in [0.15, 0.2) is 24.3 Å². The Hall–Kier alpha value is -1.59. The molecule has 0 aromatic heterocycles. The molecule has 5 nitrogen and oxygen atoms in total. The molecule has 0 aliphatic carbocycles. The maximum Gasteiger partial charge on any atom is 0.326 e. The van der Waals surface area contributed by atoms with Crippen molar-refractivity contribution in [2.45, 2.75) is 50.8 Å². The highest BCUT2D eigenvalue weighted by Crippen LogP contribution is 2.34. The number of benzene rings is 1. The Morgan fingerprint density at radius 3 is 2.70 bits per heavy atom. The summed E-state index contributed by atoms with van der Waals surface area (Å²) in [7, 11) is 0. The third kappa shape index (κ3) is 3.51. The van der Waals surface area contributed by atoms with Gasteiger partial charge < -0.3 is 10.1 Å². The molecule has 1 N–H and O–H groups in total. The van der Waals surface area contributed by atoms with E-state index in [4.69, 9.17) is 16.3 Å². The maximum atomic E-state index is 12.5. The van der Waals surface area contributed by atoms with Gasteiger partial charge in [0, 0.05) is 30.0 Å². The number of amides is 3. The standard InChI is InChI=1S/C17H21ClN2O3/c1-11-14(12-5-7-13(18)8-6-12)10-16(21)20(11)17(22)19-15-4-2-3-9-23-15/h5-8,11,14-15H,2-4,9-10H2,1H3,(H,19,22)/t11-,14+,15?/m0/s1. The first kappa shape index (κ1) is 16.3. The van der Waals surface area contributed by atoms with Gasteiger partial charge in [0.1, 0.15) is 6.23 Å². The minimum Gasteiger partial charge on any atom is -0.358 e. The highest BCUT2D eigenvalue weighted by Gasteiger charge is 2.41. The second-order valence-corrected chi connectivity index (χ2v) is 6.61. The molecule has 23 heavy (non-hydrogen) atoms. The summed E-state index contributed by atoms with van der Waals surface area (Å²) in [5.41, 5.74) is 1.03. The monoisotopic (exact) mass is 336 g/mol. The Balaban J connectivity index is 1.69. The molecule has 6 heteroatoms. The van der Waals surface area contributed by atoms with Gasteiger partial charge in [-0.05, 0) is 43.9 Å². The second kappa shape index (κ2) is 6.89. The third-order valence-electron chi connectivity index (χ3n) is 4.63. The predicted molar refractivity (Wildman–Crippen MR) is 87.2 cm³/mol. The van der Waals surface area contributed by atoms with E-state index in [9.17, 15) is 9.59 Å². The fourth-order valence-corrected chi connectivity index (χ4v) is 3.46. The van der Waals surface area contributed by atoms with E-state index >= 15 is 0 Å². The van der Waals surface area contributed by atoms with Crippen LogP contribution < -0.4 is 5.32 Å². The Bertz CT molecular complexity index is 584. The molecule has 0 spiro atoms. The van der Waals surface area contributed by atoms with Crippen molar-refractivity contribution in [2.24, 2.45) is 0 Å². The van der Waals surface area contributed by atoms with Crippen molar-refractivity contribution in [3.05, 3.63) is 34.9 Å². The van der Waals surface area contributed by atoms with E-state index in [0.29, 0.717) is 18.1 Å². The predicted octanol–water partition coefficient (Wildman–Crippen LogP) is 3.28. The topological polar surface area (TPSA) is 58.6 Å². The zero-order chi connectivity index (χ0) is 16.4. The average Bonchev–Trinajstić information content (AvgIpc) is 2.84. The molecule has 124 valence electrons. The molecule has 1 unspecified atom stereocenters. The van der Waals surface area contributed by atoms with Gasteiger partial charge in [0.15, 0.2) is 0 Å². The van der Waals surface area contributed by atoms with Gasteiger partial charge in [-0.25, -0.2) is 4.79 Å². The van der Waals surface area contributed by atoms with Crippen LogP contribution in [-0.2, 0) is 9.53 Å². The largest absolute Gasteiger partial charge is 0.358 e. The minimum atomic E-state index is -0.356. The van der Waals surface area contributed by atoms with Crippen molar-refractivity contribution in [2.75, 3.05) is 6.61 Å². The van der Waals surface area contributed by atoms with Gasteiger partial charge in [-0.1, -0.05) is 23.7 Å². The zero-order valence-electron chi connectivity index (χ0n) is 13.1. The summed E-state index contributed by atoms with van der Waals surface area (Å²) in [5, 5.41) is 3.49. The lowest BCUT2D eigenvalue weighted by Gasteiger charge is -2.28. The van der Waals surface area contributed by atoms with E-state index in [-0.39, 0.29) is 30.1 Å². The van der Waals surface area contributed by atoms with Gasteiger partial charge in [0.25, 0.3) is 0 Å². The van der Waals surface area contributed by atoms with Crippen LogP contribution in [0.1, 0.15) is 44.1 Å². The lowest BCUT2D eigenvalue weighted by Crippen LogP contribution is -2.49.